The average Bonchev–Trinajstić information content (AvgIpc) is 2.65. The number of ketones is 2. The van der Waals surface area contributed by atoms with Gasteiger partial charge < -0.3 is 0 Å². The lowest BCUT2D eigenvalue weighted by molar-refractivity contribution is -0.173. The maximum atomic E-state index is 13.1. The van der Waals surface area contributed by atoms with Crippen LogP contribution < -0.4 is 0 Å². The molecule has 1 saturated heterocycles. The van der Waals surface area contributed by atoms with E-state index in [1.807, 2.05) is 53.8 Å². The summed E-state index contributed by atoms with van der Waals surface area (Å²) in [5.41, 5.74) is 3.74. The van der Waals surface area contributed by atoms with Crippen molar-refractivity contribution in [2.45, 2.75) is 58.6 Å². The second kappa shape index (κ2) is 5.25. The molecule has 23 heavy (non-hydrogen) atoms. The molecule has 1 saturated carbocycles. The molecule has 2 aliphatic rings. The highest BCUT2D eigenvalue weighted by Crippen LogP contribution is 2.45. The van der Waals surface area contributed by atoms with Gasteiger partial charge in [0.25, 0.3) is 0 Å². The normalized spacial score (nSPS) is 30.6. The lowest BCUT2D eigenvalue weighted by Gasteiger charge is -2.34. The van der Waals surface area contributed by atoms with Gasteiger partial charge in [0.2, 0.25) is 0 Å². The second-order valence-corrected chi connectivity index (χ2v) is 7.60. The van der Waals surface area contributed by atoms with Gasteiger partial charge in [-0.3, -0.25) is 14.4 Å². The van der Waals surface area contributed by atoms with Crippen LogP contribution in [0.4, 0.5) is 0 Å². The number of hydrogen-bond donors (Lipinski definition) is 0. The molecule has 1 heterocycles. The van der Waals surface area contributed by atoms with Gasteiger partial charge in [0.15, 0.2) is 5.78 Å². The Kier molecular flexibility index (Phi) is 3.73. The van der Waals surface area contributed by atoms with Crippen LogP contribution in [-0.4, -0.2) is 35.3 Å². The van der Waals surface area contributed by atoms with E-state index in [-0.39, 0.29) is 23.0 Å². The highest BCUT2D eigenvalue weighted by molar-refractivity contribution is 6.12. The van der Waals surface area contributed by atoms with Crippen molar-refractivity contribution in [3.63, 3.8) is 0 Å². The fraction of sp³-hybridized carbons (Fsp3) is 0.579. The number of fused-ring (bicyclic) bond motifs is 1. The molecule has 1 aliphatic carbocycles. The second-order valence-electron chi connectivity index (χ2n) is 7.60. The minimum absolute atomic E-state index is 0.0262. The minimum atomic E-state index is -0.681. The molecule has 3 unspecified atom stereocenters. The van der Waals surface area contributed by atoms with E-state index >= 15 is 0 Å². The molecule has 4 nitrogen and oxygen atoms in total. The van der Waals surface area contributed by atoms with Crippen LogP contribution in [0.1, 0.15) is 48.4 Å². The number of Topliss-reactive ketones (excluding diaryl/α,β-unsaturated/α-hetero) is 2. The van der Waals surface area contributed by atoms with Crippen molar-refractivity contribution in [2.24, 2.45) is 5.92 Å². The van der Waals surface area contributed by atoms with Gasteiger partial charge in [0.05, 0.1) is 0 Å². The molecule has 124 valence electrons. The largest absolute Gasteiger partial charge is 0.299 e. The predicted molar refractivity (Wildman–Crippen MR) is 88.2 cm³/mol. The van der Waals surface area contributed by atoms with Crippen LogP contribution in [0.2, 0.25) is 0 Å². The highest BCUT2D eigenvalue weighted by atomic mass is 16.7. The van der Waals surface area contributed by atoms with Gasteiger partial charge in [0.1, 0.15) is 17.8 Å². The first-order chi connectivity index (χ1) is 10.6. The fourth-order valence-corrected chi connectivity index (χ4v) is 4.20. The third-order valence-electron chi connectivity index (χ3n) is 5.69. The molecule has 0 amide bonds. The van der Waals surface area contributed by atoms with E-state index in [4.69, 9.17) is 4.84 Å². The highest BCUT2D eigenvalue weighted by Gasteiger charge is 2.57. The van der Waals surface area contributed by atoms with Crippen molar-refractivity contribution in [3.05, 3.63) is 34.4 Å². The summed E-state index contributed by atoms with van der Waals surface area (Å²) in [5, 5.41) is 1.74. The maximum absolute atomic E-state index is 13.1. The molecular weight excluding hydrogens is 290 g/mol. The first-order valence-corrected chi connectivity index (χ1v) is 8.19. The quantitative estimate of drug-likeness (QED) is 0.748. The first-order valence-electron chi connectivity index (χ1n) is 8.19. The number of carbonyl (C=O) groups is 2. The Bertz CT molecular complexity index is 669. The Morgan fingerprint density at radius 1 is 1.13 bits per heavy atom. The molecule has 3 atom stereocenters. The molecule has 2 fully saturated rings. The van der Waals surface area contributed by atoms with Gasteiger partial charge in [-0.1, -0.05) is 17.7 Å². The molecule has 4 heteroatoms. The number of rotatable bonds is 1. The molecule has 1 aromatic carbocycles. The van der Waals surface area contributed by atoms with Crippen molar-refractivity contribution >= 4 is 11.6 Å². The minimum Gasteiger partial charge on any atom is -0.299 e. The summed E-state index contributed by atoms with van der Waals surface area (Å²) in [6.07, 6.45) is -0.122. The van der Waals surface area contributed by atoms with Gasteiger partial charge in [-0.05, 0) is 51.3 Å². The average molecular weight is 315 g/mol. The Morgan fingerprint density at radius 3 is 2.26 bits per heavy atom. The zero-order valence-electron chi connectivity index (χ0n) is 14.8. The molecule has 0 bridgehead atoms. The monoisotopic (exact) mass is 315 g/mol. The topological polar surface area (TPSA) is 46.6 Å². The van der Waals surface area contributed by atoms with Crippen LogP contribution in [-0.2, 0) is 14.4 Å². The summed E-state index contributed by atoms with van der Waals surface area (Å²) in [5.74, 6) is -0.814. The summed E-state index contributed by atoms with van der Waals surface area (Å²) < 4.78 is 0. The number of hydroxylamine groups is 2. The maximum Gasteiger partial charge on any atom is 0.178 e. The van der Waals surface area contributed by atoms with Crippen molar-refractivity contribution in [3.8, 4) is 0 Å². The van der Waals surface area contributed by atoms with E-state index < -0.39 is 12.0 Å². The van der Waals surface area contributed by atoms with Crippen LogP contribution in [0, 0.1) is 26.7 Å². The van der Waals surface area contributed by atoms with Gasteiger partial charge >= 0.3 is 0 Å². The van der Waals surface area contributed by atoms with Crippen molar-refractivity contribution < 1.29 is 14.4 Å². The zero-order valence-corrected chi connectivity index (χ0v) is 14.8. The first kappa shape index (κ1) is 16.3. The van der Waals surface area contributed by atoms with E-state index in [0.717, 1.165) is 22.3 Å². The SMILES string of the molecule is Cc1cc(C)c(C2C(=O)CC3C(ON(C)C3(C)C)C2=O)c(C)c1. The molecule has 1 aliphatic heterocycles. The van der Waals surface area contributed by atoms with E-state index in [9.17, 15) is 9.59 Å². The number of aryl methyl sites for hydroxylation is 3. The number of carbonyl (C=O) groups excluding carboxylic acids is 2. The van der Waals surface area contributed by atoms with E-state index in [1.54, 1.807) is 5.06 Å². The molecule has 1 aromatic rings. The lowest BCUT2D eigenvalue weighted by Crippen LogP contribution is -2.48. The fourth-order valence-electron chi connectivity index (χ4n) is 4.20. The van der Waals surface area contributed by atoms with Crippen LogP contribution >= 0.6 is 0 Å². The van der Waals surface area contributed by atoms with Gasteiger partial charge in [-0.2, -0.15) is 5.06 Å². The Labute approximate surface area is 137 Å². The summed E-state index contributed by atoms with van der Waals surface area (Å²) in [6.45, 7) is 10.0. The molecule has 0 aromatic heterocycles. The molecule has 0 spiro atoms. The van der Waals surface area contributed by atoms with E-state index in [0.29, 0.717) is 6.42 Å². The van der Waals surface area contributed by atoms with Crippen LogP contribution in [0.15, 0.2) is 12.1 Å². The zero-order chi connectivity index (χ0) is 17.1. The summed E-state index contributed by atoms with van der Waals surface area (Å²) in [6, 6.07) is 4.08. The molecular formula is C19H25NO3. The van der Waals surface area contributed by atoms with Gasteiger partial charge in [0, 0.05) is 24.9 Å². The van der Waals surface area contributed by atoms with Crippen molar-refractivity contribution in [2.75, 3.05) is 7.05 Å². The molecule has 0 radical (unpaired) electrons. The van der Waals surface area contributed by atoms with Crippen LogP contribution in [0.5, 0.6) is 0 Å². The van der Waals surface area contributed by atoms with Crippen molar-refractivity contribution in [1.82, 2.24) is 5.06 Å². The van der Waals surface area contributed by atoms with Gasteiger partial charge in [-0.15, -0.1) is 0 Å². The Balaban J connectivity index is 2.04. The number of nitrogens with zero attached hydrogens (tertiary/aromatic N) is 1. The predicted octanol–water partition coefficient (Wildman–Crippen LogP) is 2.88. The smallest absolute Gasteiger partial charge is 0.178 e. The Morgan fingerprint density at radius 2 is 1.70 bits per heavy atom. The van der Waals surface area contributed by atoms with Crippen molar-refractivity contribution in [1.29, 1.82) is 0 Å². The van der Waals surface area contributed by atoms with Crippen LogP contribution in [0.3, 0.4) is 0 Å². The standard InChI is InChI=1S/C19H25NO3/c1-10-7-11(2)15(12(3)8-10)16-14(21)9-13-18(17(16)22)23-20(6)19(13,4)5/h7-8,13,16,18H,9H2,1-6H3. The Hall–Kier alpha value is -1.52. The third kappa shape index (κ3) is 2.36. The number of hydrogen-bond acceptors (Lipinski definition) is 4. The summed E-state index contributed by atoms with van der Waals surface area (Å²) >= 11 is 0. The third-order valence-corrected chi connectivity index (χ3v) is 5.69. The summed E-state index contributed by atoms with van der Waals surface area (Å²) in [7, 11) is 1.84. The summed E-state index contributed by atoms with van der Waals surface area (Å²) in [4.78, 5) is 31.7. The lowest BCUT2D eigenvalue weighted by atomic mass is 9.68. The molecule has 0 N–H and O–H groups in total. The molecule has 3 rings (SSSR count). The van der Waals surface area contributed by atoms with Crippen LogP contribution in [0.25, 0.3) is 0 Å². The van der Waals surface area contributed by atoms with E-state index in [1.165, 1.54) is 0 Å². The van der Waals surface area contributed by atoms with Gasteiger partial charge in [-0.25, -0.2) is 0 Å². The van der Waals surface area contributed by atoms with E-state index in [2.05, 4.69) is 0 Å². The number of benzene rings is 1.